The van der Waals surface area contributed by atoms with Crippen LogP contribution in [0.15, 0.2) is 12.1 Å². The van der Waals surface area contributed by atoms with Gasteiger partial charge in [-0.05, 0) is 66.4 Å². The van der Waals surface area contributed by atoms with Crippen molar-refractivity contribution in [2.45, 2.75) is 90.1 Å². The number of ether oxygens (including phenoxy) is 2. The summed E-state index contributed by atoms with van der Waals surface area (Å²) in [5, 5.41) is 4.75. The zero-order valence-corrected chi connectivity index (χ0v) is 20.4. The maximum absolute atomic E-state index is 13.1. The van der Waals surface area contributed by atoms with Crippen LogP contribution in [0.2, 0.25) is 0 Å². The fraction of sp³-hybridized carbons (Fsp3) is 0.708. The van der Waals surface area contributed by atoms with E-state index in [4.69, 9.17) is 14.6 Å². The number of halogens is 3. The third-order valence-electron chi connectivity index (χ3n) is 6.60. The van der Waals surface area contributed by atoms with Gasteiger partial charge in [0.05, 0.1) is 36.5 Å². The molecule has 2 atom stereocenters. The lowest BCUT2D eigenvalue weighted by Gasteiger charge is -2.38. The minimum Gasteiger partial charge on any atom is -0.444 e. The average molecular weight is 483 g/mol. The predicted octanol–water partition coefficient (Wildman–Crippen LogP) is 5.57. The van der Waals surface area contributed by atoms with E-state index < -0.39 is 29.9 Å². The molecule has 2 aromatic heterocycles. The molecule has 3 heterocycles. The molecule has 1 aliphatic heterocycles. The third kappa shape index (κ3) is 5.31. The third-order valence-corrected chi connectivity index (χ3v) is 6.60. The highest BCUT2D eigenvalue weighted by molar-refractivity contribution is 5.68. The molecule has 0 radical (unpaired) electrons. The van der Waals surface area contributed by atoms with Crippen molar-refractivity contribution < 1.29 is 27.4 Å². The Morgan fingerprint density at radius 1 is 1.15 bits per heavy atom. The Kier molecular flexibility index (Phi) is 6.56. The normalized spacial score (nSPS) is 26.6. The second kappa shape index (κ2) is 9.02. The van der Waals surface area contributed by atoms with Crippen LogP contribution in [-0.2, 0) is 9.47 Å². The van der Waals surface area contributed by atoms with E-state index in [0.717, 1.165) is 17.1 Å². The van der Waals surface area contributed by atoms with Crippen LogP contribution < -0.4 is 0 Å². The van der Waals surface area contributed by atoms with Gasteiger partial charge in [0.1, 0.15) is 11.7 Å². The molecule has 34 heavy (non-hydrogen) atoms. The second-order valence-corrected chi connectivity index (χ2v) is 10.6. The number of aromatic nitrogens is 3. The summed E-state index contributed by atoms with van der Waals surface area (Å²) < 4.78 is 52.6. The Hall–Kier alpha value is -2.36. The van der Waals surface area contributed by atoms with E-state index in [0.29, 0.717) is 31.6 Å². The number of carbonyl (C=O) groups is 1. The van der Waals surface area contributed by atoms with Crippen molar-refractivity contribution in [3.05, 3.63) is 29.2 Å². The van der Waals surface area contributed by atoms with Crippen LogP contribution in [0.5, 0.6) is 0 Å². The molecule has 0 N–H and O–H groups in total. The smallest absolute Gasteiger partial charge is 0.410 e. The zero-order chi connectivity index (χ0) is 24.8. The average Bonchev–Trinajstić information content (AvgIpc) is 3.15. The molecule has 0 unspecified atom stereocenters. The number of fused-ring (bicyclic) bond motifs is 1. The molecule has 0 spiro atoms. The van der Waals surface area contributed by atoms with Crippen molar-refractivity contribution >= 4 is 11.7 Å². The van der Waals surface area contributed by atoms with Crippen LogP contribution in [0.1, 0.15) is 82.5 Å². The van der Waals surface area contributed by atoms with Gasteiger partial charge in [0.25, 0.3) is 0 Å². The molecule has 2 aromatic rings. The Balaban J connectivity index is 1.57. The zero-order valence-electron chi connectivity index (χ0n) is 20.4. The first kappa shape index (κ1) is 24.8. The molecular weight excluding hydrogens is 449 g/mol. The first-order valence-corrected chi connectivity index (χ1v) is 11.9. The van der Waals surface area contributed by atoms with E-state index in [9.17, 15) is 18.0 Å². The van der Waals surface area contributed by atoms with E-state index in [2.05, 4.69) is 4.98 Å². The Morgan fingerprint density at radius 3 is 2.44 bits per heavy atom. The van der Waals surface area contributed by atoms with E-state index in [1.807, 2.05) is 46.8 Å². The molecule has 10 heteroatoms. The van der Waals surface area contributed by atoms with Crippen LogP contribution in [-0.4, -0.2) is 56.6 Å². The molecule has 1 aliphatic carbocycles. The van der Waals surface area contributed by atoms with Crippen molar-refractivity contribution in [2.24, 2.45) is 5.92 Å². The largest absolute Gasteiger partial charge is 0.444 e. The van der Waals surface area contributed by atoms with Gasteiger partial charge >= 0.3 is 12.3 Å². The number of nitrogens with zero attached hydrogens (tertiary/aromatic N) is 4. The first-order chi connectivity index (χ1) is 15.8. The van der Waals surface area contributed by atoms with Crippen LogP contribution in [0.3, 0.4) is 0 Å². The lowest BCUT2D eigenvalue weighted by atomic mass is 9.80. The molecule has 0 aromatic carbocycles. The van der Waals surface area contributed by atoms with Crippen molar-refractivity contribution in [1.82, 2.24) is 19.5 Å². The minimum absolute atomic E-state index is 0.0287. The summed E-state index contributed by atoms with van der Waals surface area (Å²) in [5.74, 6) is -1.26. The summed E-state index contributed by atoms with van der Waals surface area (Å²) in [7, 11) is 0. The number of aryl methyl sites for hydroxylation is 1. The number of carbonyl (C=O) groups excluding carboxylic acids is 1. The Morgan fingerprint density at radius 2 is 1.82 bits per heavy atom. The molecule has 2 aliphatic rings. The van der Waals surface area contributed by atoms with E-state index in [1.54, 1.807) is 9.42 Å². The standard InChI is InChI=1S/C24H33F3N4O3/c1-14-10-19(20-12-30(15(2)13-33-20)22(32)34-23(3,4)5)31-21(28-14)11-18(29-31)16-6-8-17(9-7-16)24(25,26)27/h10-11,15-17,20H,6-9,12-13H2,1-5H3/t15-,16?,17?,20-/m1/s1. The molecule has 188 valence electrons. The van der Waals surface area contributed by atoms with Gasteiger partial charge in [-0.2, -0.15) is 18.3 Å². The van der Waals surface area contributed by atoms with Crippen molar-refractivity contribution in [2.75, 3.05) is 13.2 Å². The number of alkyl halides is 3. The van der Waals surface area contributed by atoms with Crippen LogP contribution >= 0.6 is 0 Å². The lowest BCUT2D eigenvalue weighted by molar-refractivity contribution is -0.182. The lowest BCUT2D eigenvalue weighted by Crippen LogP contribution is -2.50. The van der Waals surface area contributed by atoms with Gasteiger partial charge in [0.15, 0.2) is 5.65 Å². The summed E-state index contributed by atoms with van der Waals surface area (Å²) in [6.45, 7) is 9.94. The Labute approximate surface area is 197 Å². The van der Waals surface area contributed by atoms with Gasteiger partial charge in [0, 0.05) is 17.7 Å². The number of morpholine rings is 1. The maximum Gasteiger partial charge on any atom is 0.410 e. The molecule has 2 fully saturated rings. The Bertz CT molecular complexity index is 1040. The van der Waals surface area contributed by atoms with Gasteiger partial charge in [-0.15, -0.1) is 0 Å². The van der Waals surface area contributed by atoms with Crippen LogP contribution in [0.4, 0.5) is 18.0 Å². The van der Waals surface area contributed by atoms with Crippen molar-refractivity contribution in [3.8, 4) is 0 Å². The quantitative estimate of drug-likeness (QED) is 0.560. The monoisotopic (exact) mass is 482 g/mol. The van der Waals surface area contributed by atoms with Crippen molar-refractivity contribution in [3.63, 3.8) is 0 Å². The number of hydrogen-bond acceptors (Lipinski definition) is 5. The highest BCUT2D eigenvalue weighted by Crippen LogP contribution is 2.42. The fourth-order valence-corrected chi connectivity index (χ4v) is 4.80. The molecule has 1 saturated carbocycles. The van der Waals surface area contributed by atoms with Gasteiger partial charge in [-0.3, -0.25) is 0 Å². The molecule has 1 saturated heterocycles. The molecule has 4 rings (SSSR count). The van der Waals surface area contributed by atoms with E-state index >= 15 is 0 Å². The topological polar surface area (TPSA) is 69.0 Å². The summed E-state index contributed by atoms with van der Waals surface area (Å²) in [6.07, 6.45) is -3.81. The van der Waals surface area contributed by atoms with Crippen LogP contribution in [0.25, 0.3) is 5.65 Å². The molecule has 1 amide bonds. The maximum atomic E-state index is 13.1. The number of hydrogen-bond donors (Lipinski definition) is 0. The van der Waals surface area contributed by atoms with Gasteiger partial charge in [-0.25, -0.2) is 14.3 Å². The van der Waals surface area contributed by atoms with Gasteiger partial charge in [-0.1, -0.05) is 0 Å². The SMILES string of the molecule is Cc1cc([C@H]2CN(C(=O)OC(C)(C)C)[C@H](C)CO2)n2nc(C3CCC(C(F)(F)F)CC3)cc2n1. The second-order valence-electron chi connectivity index (χ2n) is 10.6. The highest BCUT2D eigenvalue weighted by atomic mass is 19.4. The summed E-state index contributed by atoms with van der Waals surface area (Å²) >= 11 is 0. The molecule has 0 bridgehead atoms. The van der Waals surface area contributed by atoms with Gasteiger partial charge in [0.2, 0.25) is 0 Å². The van der Waals surface area contributed by atoms with Gasteiger partial charge < -0.3 is 14.4 Å². The van der Waals surface area contributed by atoms with Crippen LogP contribution in [0, 0.1) is 12.8 Å². The highest BCUT2D eigenvalue weighted by Gasteiger charge is 2.42. The molecular formula is C24H33F3N4O3. The van der Waals surface area contributed by atoms with E-state index in [1.165, 1.54) is 0 Å². The predicted molar refractivity (Wildman–Crippen MR) is 120 cm³/mol. The molecule has 7 nitrogen and oxygen atoms in total. The summed E-state index contributed by atoms with van der Waals surface area (Å²) in [4.78, 5) is 19.0. The van der Waals surface area contributed by atoms with Crippen molar-refractivity contribution in [1.29, 1.82) is 0 Å². The first-order valence-electron chi connectivity index (χ1n) is 11.9. The number of rotatable bonds is 2. The number of amides is 1. The summed E-state index contributed by atoms with van der Waals surface area (Å²) in [6, 6.07) is 3.62. The fourth-order valence-electron chi connectivity index (χ4n) is 4.80. The minimum atomic E-state index is -4.13. The van der Waals surface area contributed by atoms with E-state index in [-0.39, 0.29) is 24.8 Å². The summed E-state index contributed by atoms with van der Waals surface area (Å²) in [5.41, 5.74) is 2.33.